The summed E-state index contributed by atoms with van der Waals surface area (Å²) < 4.78 is 16.4. The fraction of sp³-hybridized carbons (Fsp3) is 0.240. The van der Waals surface area contributed by atoms with E-state index >= 15 is 0 Å². The van der Waals surface area contributed by atoms with Crippen molar-refractivity contribution in [1.29, 1.82) is 0 Å². The van der Waals surface area contributed by atoms with E-state index in [4.69, 9.17) is 16.6 Å². The average molecular weight is 449 g/mol. The van der Waals surface area contributed by atoms with E-state index in [1.54, 1.807) is 26.1 Å². The van der Waals surface area contributed by atoms with Gasteiger partial charge < -0.3 is 4.90 Å². The molecule has 5 rings (SSSR count). The van der Waals surface area contributed by atoms with Gasteiger partial charge in [-0.2, -0.15) is 0 Å². The minimum Gasteiger partial charge on any atom is -0.356 e. The summed E-state index contributed by atoms with van der Waals surface area (Å²) in [5.74, 6) is 1.16. The number of pyridine rings is 1. The summed E-state index contributed by atoms with van der Waals surface area (Å²) in [5.41, 5.74) is 2.09. The van der Waals surface area contributed by atoms with Crippen LogP contribution in [-0.2, 0) is 7.05 Å². The van der Waals surface area contributed by atoms with Crippen molar-refractivity contribution in [3.05, 3.63) is 87.2 Å². The first-order chi connectivity index (χ1) is 15.4. The first kappa shape index (κ1) is 20.6. The van der Waals surface area contributed by atoms with Gasteiger partial charge in [-0.1, -0.05) is 41.9 Å². The number of halogens is 2. The Morgan fingerprint density at radius 3 is 2.62 bits per heavy atom. The summed E-state index contributed by atoms with van der Waals surface area (Å²) in [7, 11) is 1.66. The van der Waals surface area contributed by atoms with Crippen molar-refractivity contribution in [3.63, 3.8) is 0 Å². The van der Waals surface area contributed by atoms with Crippen molar-refractivity contribution in [2.45, 2.75) is 19.3 Å². The van der Waals surface area contributed by atoms with E-state index in [2.05, 4.69) is 34.1 Å². The molecule has 2 aromatic carbocycles. The predicted octanol–water partition coefficient (Wildman–Crippen LogP) is 5.09. The van der Waals surface area contributed by atoms with Crippen LogP contribution < -0.4 is 10.5 Å². The lowest BCUT2D eigenvalue weighted by molar-refractivity contribution is 0.631. The molecule has 0 radical (unpaired) electrons. The Balaban J connectivity index is 1.67. The smallest absolute Gasteiger partial charge is 0.263 e. The van der Waals surface area contributed by atoms with Crippen LogP contribution in [0.15, 0.2) is 59.4 Å². The van der Waals surface area contributed by atoms with Crippen molar-refractivity contribution in [1.82, 2.24) is 14.5 Å². The molecule has 0 spiro atoms. The summed E-state index contributed by atoms with van der Waals surface area (Å²) in [5, 5.41) is 0.598. The topological polar surface area (TPSA) is 51.0 Å². The Hall–Kier alpha value is -3.25. The molecular formula is C25H22ClFN4O. The van der Waals surface area contributed by atoms with Crippen LogP contribution in [0, 0.1) is 12.7 Å². The number of rotatable bonds is 3. The second-order valence-electron chi connectivity index (χ2n) is 8.21. The molecule has 7 heteroatoms. The van der Waals surface area contributed by atoms with E-state index in [1.165, 1.54) is 16.2 Å². The molecule has 1 atom stereocenters. The molecule has 4 aromatic rings. The van der Waals surface area contributed by atoms with E-state index in [0.29, 0.717) is 39.2 Å². The molecule has 1 aliphatic heterocycles. The lowest BCUT2D eigenvalue weighted by Gasteiger charge is -2.20. The van der Waals surface area contributed by atoms with Crippen LogP contribution in [-0.4, -0.2) is 27.6 Å². The lowest BCUT2D eigenvalue weighted by atomic mass is 9.99. The highest BCUT2D eigenvalue weighted by atomic mass is 35.5. The fourth-order valence-electron chi connectivity index (χ4n) is 4.39. The number of aryl methyl sites for hydroxylation is 1. The Morgan fingerprint density at radius 2 is 1.88 bits per heavy atom. The molecular weight excluding hydrogens is 427 g/mol. The maximum Gasteiger partial charge on any atom is 0.263 e. The fourth-order valence-corrected chi connectivity index (χ4v) is 4.54. The maximum atomic E-state index is 14.9. The summed E-state index contributed by atoms with van der Waals surface area (Å²) in [6.07, 6.45) is 0.997. The number of hydrogen-bond donors (Lipinski definition) is 0. The van der Waals surface area contributed by atoms with Crippen LogP contribution in [0.2, 0.25) is 5.02 Å². The second kappa shape index (κ2) is 8.02. The predicted molar refractivity (Wildman–Crippen MR) is 126 cm³/mol. The molecule has 0 saturated carbocycles. The highest BCUT2D eigenvalue weighted by Gasteiger charge is 2.27. The van der Waals surface area contributed by atoms with Gasteiger partial charge >= 0.3 is 0 Å². The van der Waals surface area contributed by atoms with Gasteiger partial charge in [-0.05, 0) is 37.1 Å². The highest BCUT2D eigenvalue weighted by molar-refractivity contribution is 6.30. The molecule has 162 valence electrons. The van der Waals surface area contributed by atoms with Crippen molar-refractivity contribution >= 4 is 28.3 Å². The summed E-state index contributed by atoms with van der Waals surface area (Å²) in [6.45, 7) is 3.41. The zero-order valence-corrected chi connectivity index (χ0v) is 18.6. The summed E-state index contributed by atoms with van der Waals surface area (Å²) in [4.78, 5) is 24.7. The zero-order valence-electron chi connectivity index (χ0n) is 17.8. The summed E-state index contributed by atoms with van der Waals surface area (Å²) >= 11 is 5.96. The van der Waals surface area contributed by atoms with Gasteiger partial charge in [-0.3, -0.25) is 9.36 Å². The van der Waals surface area contributed by atoms with Crippen molar-refractivity contribution in [3.8, 4) is 11.3 Å². The molecule has 3 heterocycles. The number of anilines is 1. The molecule has 1 saturated heterocycles. The van der Waals surface area contributed by atoms with Crippen molar-refractivity contribution in [2.75, 3.05) is 18.0 Å². The first-order valence-electron chi connectivity index (χ1n) is 10.6. The van der Waals surface area contributed by atoms with Gasteiger partial charge in [0.05, 0.1) is 16.6 Å². The van der Waals surface area contributed by atoms with Crippen LogP contribution in [0.25, 0.3) is 22.2 Å². The monoisotopic (exact) mass is 448 g/mol. The minimum absolute atomic E-state index is 0.239. The standard InChI is InChI=1S/C25H22ClFN4O/c1-15-28-21-13-22(31-11-10-17(14-31)16-6-4-3-5-7-16)29-24(23(21)25(32)30(15)2)19-9-8-18(26)12-20(19)27/h3-9,12-13,17H,10-11,14H2,1-2H3/t17-/m0/s1. The lowest BCUT2D eigenvalue weighted by Crippen LogP contribution is -2.24. The third kappa shape index (κ3) is 3.54. The van der Waals surface area contributed by atoms with Gasteiger partial charge in [0.1, 0.15) is 17.5 Å². The quantitative estimate of drug-likeness (QED) is 0.438. The van der Waals surface area contributed by atoms with Gasteiger partial charge in [0.15, 0.2) is 0 Å². The molecule has 0 unspecified atom stereocenters. The minimum atomic E-state index is -0.519. The Bertz CT molecular complexity index is 1390. The summed E-state index contributed by atoms with van der Waals surface area (Å²) in [6, 6.07) is 16.7. The largest absolute Gasteiger partial charge is 0.356 e. The molecule has 5 nitrogen and oxygen atoms in total. The van der Waals surface area contributed by atoms with Gasteiger partial charge in [-0.25, -0.2) is 14.4 Å². The molecule has 32 heavy (non-hydrogen) atoms. The van der Waals surface area contributed by atoms with Gasteiger partial charge in [0.25, 0.3) is 5.56 Å². The SMILES string of the molecule is Cc1nc2cc(N3CC[C@H](c4ccccc4)C3)nc(-c3ccc(Cl)cc3F)c2c(=O)n1C. The van der Waals surface area contributed by atoms with E-state index in [9.17, 15) is 9.18 Å². The van der Waals surface area contributed by atoms with Crippen LogP contribution in [0.1, 0.15) is 23.7 Å². The Morgan fingerprint density at radius 1 is 1.09 bits per heavy atom. The molecule has 2 aromatic heterocycles. The molecule has 1 fully saturated rings. The van der Waals surface area contributed by atoms with E-state index < -0.39 is 5.82 Å². The first-order valence-corrected chi connectivity index (χ1v) is 10.9. The third-order valence-electron chi connectivity index (χ3n) is 6.24. The van der Waals surface area contributed by atoms with Crippen molar-refractivity contribution < 1.29 is 4.39 Å². The number of aromatic nitrogens is 3. The average Bonchev–Trinajstić information content (AvgIpc) is 3.28. The Labute approximate surface area is 190 Å². The Kier molecular flexibility index (Phi) is 5.18. The van der Waals surface area contributed by atoms with Crippen LogP contribution in [0.4, 0.5) is 10.2 Å². The van der Waals surface area contributed by atoms with Gasteiger partial charge in [0.2, 0.25) is 0 Å². The van der Waals surface area contributed by atoms with E-state index in [-0.39, 0.29) is 11.1 Å². The van der Waals surface area contributed by atoms with Crippen LogP contribution in [0.5, 0.6) is 0 Å². The number of hydrogen-bond acceptors (Lipinski definition) is 4. The van der Waals surface area contributed by atoms with Crippen LogP contribution >= 0.6 is 11.6 Å². The molecule has 0 N–H and O–H groups in total. The number of nitrogens with zero attached hydrogens (tertiary/aromatic N) is 4. The van der Waals surface area contributed by atoms with E-state index in [0.717, 1.165) is 19.5 Å². The van der Waals surface area contributed by atoms with Gasteiger partial charge in [-0.15, -0.1) is 0 Å². The number of fused-ring (bicyclic) bond motifs is 1. The second-order valence-corrected chi connectivity index (χ2v) is 8.65. The van der Waals surface area contributed by atoms with E-state index in [1.807, 2.05) is 12.1 Å². The third-order valence-corrected chi connectivity index (χ3v) is 6.48. The van der Waals surface area contributed by atoms with Crippen LogP contribution in [0.3, 0.4) is 0 Å². The molecule has 0 amide bonds. The van der Waals surface area contributed by atoms with Crippen molar-refractivity contribution in [2.24, 2.45) is 7.05 Å². The van der Waals surface area contributed by atoms with Gasteiger partial charge in [0, 0.05) is 42.7 Å². The maximum absolute atomic E-state index is 14.9. The molecule has 0 bridgehead atoms. The molecule has 0 aliphatic carbocycles. The number of benzene rings is 2. The molecule has 1 aliphatic rings. The normalized spacial score (nSPS) is 16.1. The zero-order chi connectivity index (χ0) is 22.4. The highest BCUT2D eigenvalue weighted by Crippen LogP contribution is 2.34.